The van der Waals surface area contributed by atoms with E-state index in [4.69, 9.17) is 11.3 Å². The first-order valence-electron chi connectivity index (χ1n) is 3.32. The lowest BCUT2D eigenvalue weighted by Crippen LogP contribution is -1.84. The van der Waals surface area contributed by atoms with E-state index in [1.165, 1.54) is 0 Å². The Morgan fingerprint density at radius 3 is 3.00 bits per heavy atom. The van der Waals surface area contributed by atoms with Crippen LogP contribution in [0.1, 0.15) is 5.56 Å². The molecule has 0 amide bonds. The average Bonchev–Trinajstić information content (AvgIpc) is 2.06. The number of methoxy groups -OCH3 is 1. The minimum absolute atomic E-state index is 0.573. The van der Waals surface area contributed by atoms with Crippen LogP contribution in [0.4, 0.5) is 5.69 Å². The lowest BCUT2D eigenvalue weighted by atomic mass is 10.2. The summed E-state index contributed by atoms with van der Waals surface area (Å²) >= 11 is 0. The molecule has 0 saturated carbocycles. The molecule has 11 heavy (non-hydrogen) atoms. The minimum Gasteiger partial charge on any atom is -0.380 e. The molecule has 1 rings (SSSR count). The normalized spacial score (nSPS) is 9.09. The van der Waals surface area contributed by atoms with Crippen molar-refractivity contribution >= 4 is 5.69 Å². The highest BCUT2D eigenvalue weighted by molar-refractivity contribution is 5.46. The third-order valence-corrected chi connectivity index (χ3v) is 1.35. The molecule has 2 nitrogen and oxygen atoms in total. The summed E-state index contributed by atoms with van der Waals surface area (Å²) in [4.78, 5) is 3.31. The van der Waals surface area contributed by atoms with E-state index in [1.54, 1.807) is 13.2 Å². The summed E-state index contributed by atoms with van der Waals surface area (Å²) in [6.45, 7) is 7.33. The molecule has 1 aromatic rings. The summed E-state index contributed by atoms with van der Waals surface area (Å²) in [7, 11) is 1.64. The molecule has 0 unspecified atom stereocenters. The van der Waals surface area contributed by atoms with Crippen LogP contribution >= 0.6 is 0 Å². The maximum Gasteiger partial charge on any atom is 0.187 e. The average molecular weight is 147 g/mol. The van der Waals surface area contributed by atoms with Crippen molar-refractivity contribution in [1.29, 1.82) is 0 Å². The Kier molecular flexibility index (Phi) is 2.65. The molecule has 0 aliphatic carbocycles. The maximum absolute atomic E-state index is 6.76. The quantitative estimate of drug-likeness (QED) is 0.585. The Labute approximate surface area is 66.2 Å². The number of nitrogens with zero attached hydrogens (tertiary/aromatic N) is 1. The van der Waals surface area contributed by atoms with Crippen molar-refractivity contribution in [2.45, 2.75) is 6.61 Å². The van der Waals surface area contributed by atoms with E-state index in [9.17, 15) is 0 Å². The number of hydrogen-bond acceptors (Lipinski definition) is 1. The zero-order chi connectivity index (χ0) is 8.10. The molecule has 2 heteroatoms. The van der Waals surface area contributed by atoms with E-state index in [2.05, 4.69) is 4.85 Å². The largest absolute Gasteiger partial charge is 0.380 e. The van der Waals surface area contributed by atoms with Crippen molar-refractivity contribution in [1.82, 2.24) is 0 Å². The van der Waals surface area contributed by atoms with Gasteiger partial charge in [-0.25, -0.2) is 4.85 Å². The molecule has 0 saturated heterocycles. The van der Waals surface area contributed by atoms with Gasteiger partial charge in [-0.2, -0.15) is 0 Å². The summed E-state index contributed by atoms with van der Waals surface area (Å²) < 4.78 is 4.92. The molecule has 0 N–H and O–H groups in total. The minimum atomic E-state index is 0.573. The Morgan fingerprint density at radius 2 is 2.36 bits per heavy atom. The Balaban J connectivity index is 2.85. The van der Waals surface area contributed by atoms with Crippen molar-refractivity contribution in [3.05, 3.63) is 41.2 Å². The summed E-state index contributed by atoms with van der Waals surface area (Å²) in [6, 6.07) is 7.42. The van der Waals surface area contributed by atoms with E-state index in [0.717, 1.165) is 5.56 Å². The molecule has 0 heterocycles. The summed E-state index contributed by atoms with van der Waals surface area (Å²) in [5.41, 5.74) is 1.71. The topological polar surface area (TPSA) is 13.6 Å². The van der Waals surface area contributed by atoms with Crippen molar-refractivity contribution in [3.63, 3.8) is 0 Å². The van der Waals surface area contributed by atoms with Crippen LogP contribution in [0.2, 0.25) is 0 Å². The fourth-order valence-corrected chi connectivity index (χ4v) is 0.882. The zero-order valence-corrected chi connectivity index (χ0v) is 6.37. The highest BCUT2D eigenvalue weighted by atomic mass is 16.5. The fourth-order valence-electron chi connectivity index (χ4n) is 0.882. The van der Waals surface area contributed by atoms with E-state index in [-0.39, 0.29) is 0 Å². The molecular formula is C9H9NO. The highest BCUT2D eigenvalue weighted by Gasteiger charge is 1.92. The van der Waals surface area contributed by atoms with Gasteiger partial charge in [-0.15, -0.1) is 0 Å². The van der Waals surface area contributed by atoms with E-state index < -0.39 is 0 Å². The van der Waals surface area contributed by atoms with Crippen LogP contribution in [0, 0.1) is 6.57 Å². The van der Waals surface area contributed by atoms with Crippen LogP contribution in [-0.4, -0.2) is 7.11 Å². The first-order chi connectivity index (χ1) is 5.36. The molecule has 0 radical (unpaired) electrons. The highest BCUT2D eigenvalue weighted by Crippen LogP contribution is 2.13. The van der Waals surface area contributed by atoms with Gasteiger partial charge in [-0.05, 0) is 5.56 Å². The number of rotatable bonds is 2. The van der Waals surface area contributed by atoms with Crippen LogP contribution in [0.5, 0.6) is 0 Å². The molecule has 0 spiro atoms. The van der Waals surface area contributed by atoms with Gasteiger partial charge >= 0.3 is 0 Å². The van der Waals surface area contributed by atoms with Gasteiger partial charge in [0.05, 0.1) is 13.2 Å². The number of hydrogen-bond donors (Lipinski definition) is 0. The van der Waals surface area contributed by atoms with Gasteiger partial charge in [0.15, 0.2) is 5.69 Å². The van der Waals surface area contributed by atoms with E-state index in [1.807, 2.05) is 18.2 Å². The molecule has 56 valence electrons. The molecular weight excluding hydrogens is 138 g/mol. The van der Waals surface area contributed by atoms with Crippen molar-refractivity contribution in [2.75, 3.05) is 7.11 Å². The van der Waals surface area contributed by atoms with Gasteiger partial charge in [-0.3, -0.25) is 0 Å². The predicted molar refractivity (Wildman–Crippen MR) is 43.4 cm³/mol. The molecule has 0 aliphatic heterocycles. The Bertz CT molecular complexity index is 275. The monoisotopic (exact) mass is 147 g/mol. The predicted octanol–water partition coefficient (Wildman–Crippen LogP) is 2.38. The number of ether oxygens (including phenoxy) is 1. The summed E-state index contributed by atoms with van der Waals surface area (Å²) in [5, 5.41) is 0. The van der Waals surface area contributed by atoms with Gasteiger partial charge in [-0.1, -0.05) is 24.3 Å². The van der Waals surface area contributed by atoms with Crippen molar-refractivity contribution < 1.29 is 4.74 Å². The second kappa shape index (κ2) is 3.75. The van der Waals surface area contributed by atoms with Gasteiger partial charge < -0.3 is 4.74 Å². The third kappa shape index (κ3) is 2.06. The lowest BCUT2D eigenvalue weighted by Gasteiger charge is -1.98. The van der Waals surface area contributed by atoms with Gasteiger partial charge in [0.2, 0.25) is 0 Å². The summed E-state index contributed by atoms with van der Waals surface area (Å²) in [6.07, 6.45) is 0. The van der Waals surface area contributed by atoms with Crippen LogP contribution in [0.3, 0.4) is 0 Å². The second-order valence-electron chi connectivity index (χ2n) is 2.21. The standard InChI is InChI=1S/C9H9NO/c1-10-9-5-3-4-8(6-9)7-11-2/h3-6H,7H2,2H3. The van der Waals surface area contributed by atoms with Gasteiger partial charge in [0.25, 0.3) is 0 Å². The third-order valence-electron chi connectivity index (χ3n) is 1.35. The van der Waals surface area contributed by atoms with E-state index >= 15 is 0 Å². The maximum atomic E-state index is 6.76. The van der Waals surface area contributed by atoms with Gasteiger partial charge in [0.1, 0.15) is 0 Å². The van der Waals surface area contributed by atoms with Crippen molar-refractivity contribution in [3.8, 4) is 0 Å². The SMILES string of the molecule is [C-]#[N+]c1cccc(COC)c1. The molecule has 1 aromatic carbocycles. The van der Waals surface area contributed by atoms with Crippen LogP contribution in [-0.2, 0) is 11.3 Å². The summed E-state index contributed by atoms with van der Waals surface area (Å²) in [5.74, 6) is 0. The number of benzene rings is 1. The lowest BCUT2D eigenvalue weighted by molar-refractivity contribution is 0.185. The van der Waals surface area contributed by atoms with Gasteiger partial charge in [0, 0.05) is 7.11 Å². The van der Waals surface area contributed by atoms with Crippen LogP contribution in [0.15, 0.2) is 24.3 Å². The molecule has 0 atom stereocenters. The Hall–Kier alpha value is -1.33. The first kappa shape index (κ1) is 7.77. The molecule has 0 aliphatic rings. The molecule has 0 fully saturated rings. The first-order valence-corrected chi connectivity index (χ1v) is 3.32. The van der Waals surface area contributed by atoms with E-state index in [0.29, 0.717) is 12.3 Å². The van der Waals surface area contributed by atoms with Crippen LogP contribution in [0.25, 0.3) is 4.85 Å². The second-order valence-corrected chi connectivity index (χ2v) is 2.21. The fraction of sp³-hybridized carbons (Fsp3) is 0.222. The molecule has 0 aromatic heterocycles. The van der Waals surface area contributed by atoms with Crippen LogP contribution < -0.4 is 0 Å². The smallest absolute Gasteiger partial charge is 0.187 e. The van der Waals surface area contributed by atoms with Crippen molar-refractivity contribution in [2.24, 2.45) is 0 Å². The molecule has 0 bridgehead atoms. The zero-order valence-electron chi connectivity index (χ0n) is 6.37. The Morgan fingerprint density at radius 1 is 1.55 bits per heavy atom.